The summed E-state index contributed by atoms with van der Waals surface area (Å²) in [6.45, 7) is 0. The van der Waals surface area contributed by atoms with E-state index in [-0.39, 0.29) is 0 Å². The molecule has 0 saturated carbocycles. The Morgan fingerprint density at radius 1 is 1.42 bits per heavy atom. The normalized spacial score (nSPS) is 20.7. The molecular weight excluding hydrogens is 160 g/mol. The smallest absolute Gasteiger partial charge is 0.260 e. The maximum atomic E-state index is 10.2. The van der Waals surface area contributed by atoms with Gasteiger partial charge in [-0.25, -0.2) is 0 Å². The molecule has 1 aliphatic heterocycles. The molecule has 1 heterocycles. The largest absolute Gasteiger partial charge is 0.442 e. The van der Waals surface area contributed by atoms with Gasteiger partial charge < -0.3 is 0 Å². The van der Waals surface area contributed by atoms with Crippen LogP contribution in [-0.2, 0) is 4.84 Å². The van der Waals surface area contributed by atoms with Gasteiger partial charge in [0.1, 0.15) is 0 Å². The molecule has 2 rings (SSSR count). The molecular formula is C7H6N2O3. The van der Waals surface area contributed by atoms with Crippen molar-refractivity contribution in [2.45, 2.75) is 6.35 Å². The van der Waals surface area contributed by atoms with Gasteiger partial charge >= 0.3 is 6.35 Å². The van der Waals surface area contributed by atoms with Crippen molar-refractivity contribution in [3.63, 3.8) is 0 Å². The number of hydroxylamine groups is 1. The molecule has 0 amide bonds. The second-order valence-corrected chi connectivity index (χ2v) is 2.38. The summed E-state index contributed by atoms with van der Waals surface area (Å²) < 4.78 is 0. The van der Waals surface area contributed by atoms with Gasteiger partial charge in [-0.05, 0) is 12.1 Å². The van der Waals surface area contributed by atoms with E-state index in [1.807, 2.05) is 6.07 Å². The van der Waals surface area contributed by atoms with Crippen LogP contribution >= 0.6 is 0 Å². The van der Waals surface area contributed by atoms with Crippen LogP contribution in [-0.4, -0.2) is 11.3 Å². The summed E-state index contributed by atoms with van der Waals surface area (Å²) in [6.07, 6.45) is -0.993. The number of hydrogen-bond acceptors (Lipinski definition) is 4. The highest BCUT2D eigenvalue weighted by Gasteiger charge is 2.48. The fraction of sp³-hybridized carbons (Fsp3) is 0.143. The summed E-state index contributed by atoms with van der Waals surface area (Å²) in [5, 5.41) is 11.4. The average molecular weight is 166 g/mol. The zero-order valence-electron chi connectivity index (χ0n) is 6.08. The molecule has 1 aromatic rings. The van der Waals surface area contributed by atoms with Crippen LogP contribution in [0.2, 0.25) is 0 Å². The van der Waals surface area contributed by atoms with Crippen molar-refractivity contribution < 1.29 is 9.76 Å². The predicted octanol–water partition coefficient (Wildman–Crippen LogP) is 0.998. The van der Waals surface area contributed by atoms with Crippen LogP contribution in [0.15, 0.2) is 30.3 Å². The van der Waals surface area contributed by atoms with Crippen LogP contribution in [0.3, 0.4) is 0 Å². The van der Waals surface area contributed by atoms with Crippen molar-refractivity contribution in [1.82, 2.24) is 0 Å². The lowest BCUT2D eigenvalue weighted by molar-refractivity contribution is -0.515. The quantitative estimate of drug-likeness (QED) is 0.373. The van der Waals surface area contributed by atoms with Crippen molar-refractivity contribution in [3.05, 3.63) is 40.4 Å². The molecule has 62 valence electrons. The second-order valence-electron chi connectivity index (χ2n) is 2.38. The number of anilines is 1. The highest BCUT2D eigenvalue weighted by molar-refractivity contribution is 5.46. The van der Waals surface area contributed by atoms with Crippen molar-refractivity contribution in [3.8, 4) is 0 Å². The maximum absolute atomic E-state index is 10.2. The van der Waals surface area contributed by atoms with Gasteiger partial charge in [-0.2, -0.15) is 9.90 Å². The third-order valence-electron chi connectivity index (χ3n) is 1.55. The number of rotatable bonds is 2. The Hall–Kier alpha value is -1.62. The van der Waals surface area contributed by atoms with Crippen molar-refractivity contribution in [2.75, 3.05) is 5.06 Å². The van der Waals surface area contributed by atoms with E-state index in [9.17, 15) is 10.1 Å². The Bertz CT molecular complexity index is 301. The predicted molar refractivity (Wildman–Crippen MR) is 40.8 cm³/mol. The topological polar surface area (TPSA) is 58.7 Å². The Morgan fingerprint density at radius 3 is 2.58 bits per heavy atom. The minimum atomic E-state index is -0.993. The highest BCUT2D eigenvalue weighted by Crippen LogP contribution is 2.28. The van der Waals surface area contributed by atoms with E-state index in [0.29, 0.717) is 5.69 Å². The highest BCUT2D eigenvalue weighted by atomic mass is 16.9. The molecule has 1 saturated heterocycles. The molecule has 1 atom stereocenters. The van der Waals surface area contributed by atoms with Crippen molar-refractivity contribution in [1.29, 1.82) is 0 Å². The molecule has 1 unspecified atom stereocenters. The monoisotopic (exact) mass is 166 g/mol. The molecule has 1 fully saturated rings. The van der Waals surface area contributed by atoms with Crippen LogP contribution in [0.1, 0.15) is 0 Å². The summed E-state index contributed by atoms with van der Waals surface area (Å²) in [4.78, 5) is 14.4. The summed E-state index contributed by atoms with van der Waals surface area (Å²) in [5.41, 5.74) is 0.708. The first kappa shape index (κ1) is 7.05. The van der Waals surface area contributed by atoms with Gasteiger partial charge in [0.2, 0.25) is 0 Å². The minimum Gasteiger partial charge on any atom is -0.260 e. The average Bonchev–Trinajstić information content (AvgIpc) is 2.84. The lowest BCUT2D eigenvalue weighted by Gasteiger charge is -1.93. The van der Waals surface area contributed by atoms with Crippen LogP contribution in [0.4, 0.5) is 5.69 Å². The van der Waals surface area contributed by atoms with Gasteiger partial charge in [-0.15, -0.1) is 0 Å². The number of para-hydroxylation sites is 1. The third kappa shape index (κ3) is 1.10. The van der Waals surface area contributed by atoms with E-state index in [0.717, 1.165) is 0 Å². The fourth-order valence-corrected chi connectivity index (χ4v) is 0.962. The fourth-order valence-electron chi connectivity index (χ4n) is 0.962. The van der Waals surface area contributed by atoms with E-state index in [2.05, 4.69) is 0 Å². The van der Waals surface area contributed by atoms with E-state index in [1.165, 1.54) is 5.06 Å². The maximum Gasteiger partial charge on any atom is 0.442 e. The Labute approximate surface area is 68.3 Å². The molecule has 1 aromatic carbocycles. The molecule has 1 aliphatic rings. The SMILES string of the molecule is O=[N+]([O-])C1ON1c1ccccc1. The Morgan fingerprint density at radius 2 is 2.08 bits per heavy atom. The number of nitrogens with zero attached hydrogens (tertiary/aromatic N) is 2. The van der Waals surface area contributed by atoms with Gasteiger partial charge in [0.15, 0.2) is 0 Å². The minimum absolute atomic E-state index is 0.479. The second kappa shape index (κ2) is 2.46. The van der Waals surface area contributed by atoms with E-state index in [4.69, 9.17) is 4.84 Å². The van der Waals surface area contributed by atoms with Gasteiger partial charge in [-0.1, -0.05) is 18.2 Å². The number of nitro groups is 1. The Balaban J connectivity index is 2.11. The van der Waals surface area contributed by atoms with Gasteiger partial charge in [0, 0.05) is 0 Å². The van der Waals surface area contributed by atoms with Crippen molar-refractivity contribution >= 4 is 5.69 Å². The molecule has 0 aromatic heterocycles. The molecule has 0 spiro atoms. The zero-order chi connectivity index (χ0) is 8.55. The van der Waals surface area contributed by atoms with Crippen LogP contribution < -0.4 is 5.06 Å². The van der Waals surface area contributed by atoms with Gasteiger partial charge in [0.05, 0.1) is 10.6 Å². The molecule has 0 radical (unpaired) electrons. The van der Waals surface area contributed by atoms with E-state index < -0.39 is 11.3 Å². The summed E-state index contributed by atoms with van der Waals surface area (Å²) in [5.74, 6) is 0. The zero-order valence-corrected chi connectivity index (χ0v) is 6.08. The lowest BCUT2D eigenvalue weighted by Crippen LogP contribution is -2.09. The molecule has 0 N–H and O–H groups in total. The first-order valence-corrected chi connectivity index (χ1v) is 3.43. The van der Waals surface area contributed by atoms with E-state index in [1.54, 1.807) is 24.3 Å². The molecule has 0 aliphatic carbocycles. The van der Waals surface area contributed by atoms with Crippen LogP contribution in [0.5, 0.6) is 0 Å². The van der Waals surface area contributed by atoms with Crippen molar-refractivity contribution in [2.24, 2.45) is 0 Å². The van der Waals surface area contributed by atoms with E-state index >= 15 is 0 Å². The summed E-state index contributed by atoms with van der Waals surface area (Å²) >= 11 is 0. The standard InChI is InChI=1S/C7H6N2O3/c10-9(11)7-8(12-7)6-4-2-1-3-5-6/h1-5,7H. The Kier molecular flexibility index (Phi) is 1.44. The van der Waals surface area contributed by atoms with Crippen LogP contribution in [0, 0.1) is 10.1 Å². The van der Waals surface area contributed by atoms with Gasteiger partial charge in [0.25, 0.3) is 0 Å². The number of hydrogen-bond donors (Lipinski definition) is 0. The lowest BCUT2D eigenvalue weighted by atomic mass is 10.3. The first-order valence-electron chi connectivity index (χ1n) is 3.43. The molecule has 5 nitrogen and oxygen atoms in total. The first-order chi connectivity index (χ1) is 5.79. The molecule has 0 bridgehead atoms. The molecule has 5 heteroatoms. The summed E-state index contributed by atoms with van der Waals surface area (Å²) in [6, 6.07) is 8.95. The number of benzene rings is 1. The van der Waals surface area contributed by atoms with Gasteiger partial charge in [-0.3, -0.25) is 10.1 Å². The summed E-state index contributed by atoms with van der Waals surface area (Å²) in [7, 11) is 0. The molecule has 12 heavy (non-hydrogen) atoms. The van der Waals surface area contributed by atoms with Crippen LogP contribution in [0.25, 0.3) is 0 Å². The third-order valence-corrected chi connectivity index (χ3v) is 1.55.